The van der Waals surface area contributed by atoms with Gasteiger partial charge in [0, 0.05) is 16.3 Å². The molecule has 0 aliphatic heterocycles. The largest absolute Gasteiger partial charge is 0.496 e. The molecule has 5 heteroatoms. The molecule has 102 valence electrons. The van der Waals surface area contributed by atoms with E-state index >= 15 is 0 Å². The van der Waals surface area contributed by atoms with Gasteiger partial charge in [0.2, 0.25) is 0 Å². The summed E-state index contributed by atoms with van der Waals surface area (Å²) < 4.78 is 5.37. The van der Waals surface area contributed by atoms with Gasteiger partial charge in [0.15, 0.2) is 0 Å². The molecule has 0 spiro atoms. The van der Waals surface area contributed by atoms with E-state index in [2.05, 4.69) is 11.9 Å². The number of hydrogen-bond donors (Lipinski definition) is 1. The standard InChI is InChI=1S/C15H15N3OS/c1-8-6-11(15-18-13(16)7-20-15)17-14-9(2)12(19-3)5-4-10(8)14/h4-7H,16H2,1-3H3. The highest BCUT2D eigenvalue weighted by Crippen LogP contribution is 2.31. The number of thiazole rings is 1. The molecule has 1 aromatic carbocycles. The highest BCUT2D eigenvalue weighted by molar-refractivity contribution is 7.13. The van der Waals surface area contributed by atoms with Gasteiger partial charge in [-0.15, -0.1) is 11.3 Å². The van der Waals surface area contributed by atoms with E-state index in [-0.39, 0.29) is 0 Å². The number of aryl methyl sites for hydroxylation is 2. The molecule has 4 nitrogen and oxygen atoms in total. The number of methoxy groups -OCH3 is 1. The zero-order chi connectivity index (χ0) is 14.3. The Morgan fingerprint density at radius 1 is 1.20 bits per heavy atom. The molecule has 0 aliphatic rings. The van der Waals surface area contributed by atoms with E-state index < -0.39 is 0 Å². The fraction of sp³-hybridized carbons (Fsp3) is 0.200. The van der Waals surface area contributed by atoms with Crippen molar-refractivity contribution in [3.8, 4) is 16.5 Å². The molecule has 0 radical (unpaired) electrons. The Labute approximate surface area is 121 Å². The summed E-state index contributed by atoms with van der Waals surface area (Å²) in [6.07, 6.45) is 0. The maximum atomic E-state index is 5.69. The quantitative estimate of drug-likeness (QED) is 0.782. The molecule has 0 atom stereocenters. The van der Waals surface area contributed by atoms with Crippen LogP contribution in [0.3, 0.4) is 0 Å². The van der Waals surface area contributed by atoms with Gasteiger partial charge in [0.1, 0.15) is 16.6 Å². The summed E-state index contributed by atoms with van der Waals surface area (Å²) in [6.45, 7) is 4.10. The van der Waals surface area contributed by atoms with Crippen LogP contribution >= 0.6 is 11.3 Å². The van der Waals surface area contributed by atoms with Gasteiger partial charge in [-0.2, -0.15) is 0 Å². The third-order valence-electron chi connectivity index (χ3n) is 3.35. The van der Waals surface area contributed by atoms with E-state index in [0.717, 1.165) is 32.9 Å². The molecule has 0 fully saturated rings. The molecule has 0 aliphatic carbocycles. The minimum atomic E-state index is 0.534. The van der Waals surface area contributed by atoms with Crippen LogP contribution in [-0.4, -0.2) is 17.1 Å². The number of nitrogens with zero attached hydrogens (tertiary/aromatic N) is 2. The van der Waals surface area contributed by atoms with Gasteiger partial charge in [-0.25, -0.2) is 9.97 Å². The van der Waals surface area contributed by atoms with Gasteiger partial charge >= 0.3 is 0 Å². The first-order chi connectivity index (χ1) is 9.60. The smallest absolute Gasteiger partial charge is 0.144 e. The second-order valence-corrected chi connectivity index (χ2v) is 5.55. The van der Waals surface area contributed by atoms with Crippen molar-refractivity contribution in [2.75, 3.05) is 12.8 Å². The van der Waals surface area contributed by atoms with Gasteiger partial charge in [-0.05, 0) is 37.6 Å². The second-order valence-electron chi connectivity index (χ2n) is 4.69. The summed E-state index contributed by atoms with van der Waals surface area (Å²) in [5.74, 6) is 1.38. The Morgan fingerprint density at radius 2 is 2.00 bits per heavy atom. The van der Waals surface area contributed by atoms with Crippen LogP contribution in [0, 0.1) is 13.8 Å². The minimum absolute atomic E-state index is 0.534. The van der Waals surface area contributed by atoms with Gasteiger partial charge in [0.05, 0.1) is 18.3 Å². The van der Waals surface area contributed by atoms with E-state index in [1.807, 2.05) is 30.5 Å². The summed E-state index contributed by atoms with van der Waals surface area (Å²) in [4.78, 5) is 9.04. The van der Waals surface area contributed by atoms with Crippen LogP contribution in [-0.2, 0) is 0 Å². The van der Waals surface area contributed by atoms with Crippen LogP contribution in [0.1, 0.15) is 11.1 Å². The van der Waals surface area contributed by atoms with Crippen molar-refractivity contribution in [2.45, 2.75) is 13.8 Å². The number of rotatable bonds is 2. The van der Waals surface area contributed by atoms with E-state index in [9.17, 15) is 0 Å². The minimum Gasteiger partial charge on any atom is -0.496 e. The lowest BCUT2D eigenvalue weighted by molar-refractivity contribution is 0.412. The molecule has 20 heavy (non-hydrogen) atoms. The number of aromatic nitrogens is 2. The number of nitrogen functional groups attached to an aromatic ring is 1. The Bertz CT molecular complexity index is 795. The lowest BCUT2D eigenvalue weighted by atomic mass is 10.0. The fourth-order valence-electron chi connectivity index (χ4n) is 2.31. The lowest BCUT2D eigenvalue weighted by Gasteiger charge is -2.10. The SMILES string of the molecule is COc1ccc2c(C)cc(-c3nc(N)cs3)nc2c1C. The van der Waals surface area contributed by atoms with Crippen LogP contribution in [0.25, 0.3) is 21.6 Å². The third-order valence-corrected chi connectivity index (χ3v) is 4.24. The van der Waals surface area contributed by atoms with E-state index in [4.69, 9.17) is 15.5 Å². The predicted molar refractivity (Wildman–Crippen MR) is 83.3 cm³/mol. The van der Waals surface area contributed by atoms with Gasteiger partial charge in [0.25, 0.3) is 0 Å². The molecule has 3 aromatic rings. The van der Waals surface area contributed by atoms with Crippen LogP contribution in [0.2, 0.25) is 0 Å². The van der Waals surface area contributed by atoms with Crippen LogP contribution in [0.4, 0.5) is 5.82 Å². The fourth-order valence-corrected chi connectivity index (χ4v) is 2.98. The molecule has 0 amide bonds. The second kappa shape index (κ2) is 4.76. The van der Waals surface area contributed by atoms with Gasteiger partial charge < -0.3 is 10.5 Å². The lowest BCUT2D eigenvalue weighted by Crippen LogP contribution is -1.94. The zero-order valence-corrected chi connectivity index (χ0v) is 12.4. The summed E-state index contributed by atoms with van der Waals surface area (Å²) in [7, 11) is 1.67. The Hall–Kier alpha value is -2.14. The molecule has 2 aromatic heterocycles. The average Bonchev–Trinajstić information content (AvgIpc) is 2.86. The monoisotopic (exact) mass is 285 g/mol. The average molecular weight is 285 g/mol. The van der Waals surface area contributed by atoms with Crippen molar-refractivity contribution < 1.29 is 4.74 Å². The Kier molecular flexibility index (Phi) is 3.06. The van der Waals surface area contributed by atoms with Gasteiger partial charge in [-0.1, -0.05) is 0 Å². The molecule has 0 saturated heterocycles. The molecule has 3 rings (SSSR count). The Morgan fingerprint density at radius 3 is 2.65 bits per heavy atom. The first-order valence-corrected chi connectivity index (χ1v) is 7.14. The van der Waals surface area contributed by atoms with E-state index in [1.54, 1.807) is 7.11 Å². The number of nitrogens with two attached hydrogens (primary N) is 1. The molecule has 2 heterocycles. The molecule has 2 N–H and O–H groups in total. The zero-order valence-electron chi connectivity index (χ0n) is 11.6. The maximum absolute atomic E-state index is 5.69. The summed E-state index contributed by atoms with van der Waals surface area (Å²) in [6, 6.07) is 6.07. The number of ether oxygens (including phenoxy) is 1. The van der Waals surface area contributed by atoms with Crippen molar-refractivity contribution in [2.24, 2.45) is 0 Å². The summed E-state index contributed by atoms with van der Waals surface area (Å²) in [5, 5.41) is 3.81. The van der Waals surface area contributed by atoms with Crippen molar-refractivity contribution in [3.63, 3.8) is 0 Å². The van der Waals surface area contributed by atoms with Crippen LogP contribution in [0.15, 0.2) is 23.6 Å². The van der Waals surface area contributed by atoms with Crippen LogP contribution < -0.4 is 10.5 Å². The van der Waals surface area contributed by atoms with Crippen LogP contribution in [0.5, 0.6) is 5.75 Å². The van der Waals surface area contributed by atoms with E-state index in [0.29, 0.717) is 5.82 Å². The highest BCUT2D eigenvalue weighted by Gasteiger charge is 2.12. The van der Waals surface area contributed by atoms with Crippen molar-refractivity contribution in [1.82, 2.24) is 9.97 Å². The topological polar surface area (TPSA) is 61.0 Å². The predicted octanol–water partition coefficient (Wildman–Crippen LogP) is 3.57. The van der Waals surface area contributed by atoms with Crippen molar-refractivity contribution >= 4 is 28.1 Å². The van der Waals surface area contributed by atoms with Crippen molar-refractivity contribution in [1.29, 1.82) is 0 Å². The first kappa shape index (κ1) is 12.9. The maximum Gasteiger partial charge on any atom is 0.144 e. The summed E-state index contributed by atoms with van der Waals surface area (Å²) in [5.41, 5.74) is 9.71. The third kappa shape index (κ3) is 2.00. The number of benzene rings is 1. The number of anilines is 1. The molecule has 0 unspecified atom stereocenters. The number of pyridine rings is 1. The van der Waals surface area contributed by atoms with Crippen molar-refractivity contribution in [3.05, 3.63) is 34.7 Å². The van der Waals surface area contributed by atoms with E-state index in [1.165, 1.54) is 16.9 Å². The molecule has 0 saturated carbocycles. The first-order valence-electron chi connectivity index (χ1n) is 6.26. The molecular formula is C15H15N3OS. The highest BCUT2D eigenvalue weighted by atomic mass is 32.1. The number of hydrogen-bond acceptors (Lipinski definition) is 5. The number of fused-ring (bicyclic) bond motifs is 1. The normalized spacial score (nSPS) is 10.9. The van der Waals surface area contributed by atoms with Gasteiger partial charge in [-0.3, -0.25) is 0 Å². The Balaban J connectivity index is 2.29. The summed E-state index contributed by atoms with van der Waals surface area (Å²) >= 11 is 1.51. The molecule has 0 bridgehead atoms. The molecular weight excluding hydrogens is 270 g/mol.